The van der Waals surface area contributed by atoms with Crippen molar-refractivity contribution in [3.05, 3.63) is 29.8 Å². The summed E-state index contributed by atoms with van der Waals surface area (Å²) in [5, 5.41) is 6.43. The minimum atomic E-state index is 0.0560. The van der Waals surface area contributed by atoms with Crippen LogP contribution in [0.25, 0.3) is 0 Å². The van der Waals surface area contributed by atoms with E-state index in [0.717, 1.165) is 31.7 Å². The average molecular weight is 304 g/mol. The number of nitrogens with one attached hydrogen (secondary N) is 2. The van der Waals surface area contributed by atoms with Gasteiger partial charge in [0.05, 0.1) is 6.10 Å². The van der Waals surface area contributed by atoms with E-state index >= 15 is 0 Å². The van der Waals surface area contributed by atoms with Crippen LogP contribution in [-0.2, 0) is 9.53 Å². The Hall–Kier alpha value is -1.39. The van der Waals surface area contributed by atoms with E-state index in [0.29, 0.717) is 18.4 Å². The Morgan fingerprint density at radius 1 is 1.32 bits per heavy atom. The molecule has 1 fully saturated rings. The predicted molar refractivity (Wildman–Crippen MR) is 90.2 cm³/mol. The van der Waals surface area contributed by atoms with Gasteiger partial charge in [-0.3, -0.25) is 4.79 Å². The zero-order valence-electron chi connectivity index (χ0n) is 13.9. The quantitative estimate of drug-likeness (QED) is 0.812. The average Bonchev–Trinajstić information content (AvgIpc) is 2.98. The third-order valence-electron chi connectivity index (χ3n) is 4.07. The van der Waals surface area contributed by atoms with Crippen molar-refractivity contribution in [2.24, 2.45) is 0 Å². The van der Waals surface area contributed by atoms with E-state index in [2.05, 4.69) is 30.5 Å². The fourth-order valence-electron chi connectivity index (χ4n) is 2.80. The summed E-state index contributed by atoms with van der Waals surface area (Å²) in [6.45, 7) is 8.01. The number of hydrogen-bond donors (Lipinski definition) is 2. The maximum Gasteiger partial charge on any atom is 0.225 e. The fourth-order valence-corrected chi connectivity index (χ4v) is 2.80. The number of anilines is 1. The molecule has 1 amide bonds. The number of amides is 1. The smallest absolute Gasteiger partial charge is 0.225 e. The zero-order valence-corrected chi connectivity index (χ0v) is 13.9. The van der Waals surface area contributed by atoms with Crippen molar-refractivity contribution < 1.29 is 9.53 Å². The van der Waals surface area contributed by atoms with Gasteiger partial charge >= 0.3 is 0 Å². The Kier molecular flexibility index (Phi) is 6.40. The highest BCUT2D eigenvalue weighted by atomic mass is 16.5. The Bertz CT molecular complexity index is 482. The van der Waals surface area contributed by atoms with Crippen molar-refractivity contribution in [2.75, 3.05) is 18.5 Å². The number of para-hydroxylation sites is 1. The second-order valence-electron chi connectivity index (χ2n) is 6.44. The number of carbonyl (C=O) groups excluding carboxylic acids is 1. The van der Waals surface area contributed by atoms with E-state index in [-0.39, 0.29) is 11.9 Å². The van der Waals surface area contributed by atoms with Crippen LogP contribution in [0.3, 0.4) is 0 Å². The van der Waals surface area contributed by atoms with Gasteiger partial charge in [0.2, 0.25) is 5.91 Å². The summed E-state index contributed by atoms with van der Waals surface area (Å²) < 4.78 is 5.58. The molecule has 2 rings (SSSR count). The van der Waals surface area contributed by atoms with Crippen molar-refractivity contribution in [2.45, 2.75) is 58.1 Å². The first kappa shape index (κ1) is 17.0. The Morgan fingerprint density at radius 3 is 2.77 bits per heavy atom. The van der Waals surface area contributed by atoms with Crippen molar-refractivity contribution in [1.29, 1.82) is 0 Å². The lowest BCUT2D eigenvalue weighted by Gasteiger charge is -2.18. The molecule has 0 bridgehead atoms. The fraction of sp³-hybridized carbons (Fsp3) is 0.611. The van der Waals surface area contributed by atoms with E-state index in [1.54, 1.807) is 0 Å². The third-order valence-corrected chi connectivity index (χ3v) is 4.07. The van der Waals surface area contributed by atoms with Gasteiger partial charge in [-0.05, 0) is 37.3 Å². The second kappa shape index (κ2) is 8.30. The monoisotopic (exact) mass is 304 g/mol. The first-order chi connectivity index (χ1) is 10.6. The molecule has 4 nitrogen and oxygen atoms in total. The lowest BCUT2D eigenvalue weighted by atomic mass is 10.0. The van der Waals surface area contributed by atoms with E-state index in [4.69, 9.17) is 4.74 Å². The van der Waals surface area contributed by atoms with Crippen LogP contribution in [0.15, 0.2) is 24.3 Å². The van der Waals surface area contributed by atoms with Gasteiger partial charge in [0, 0.05) is 31.3 Å². The molecule has 1 aliphatic heterocycles. The van der Waals surface area contributed by atoms with E-state index in [1.165, 1.54) is 5.56 Å². The summed E-state index contributed by atoms with van der Waals surface area (Å²) in [5.41, 5.74) is 2.10. The van der Waals surface area contributed by atoms with Crippen LogP contribution < -0.4 is 10.6 Å². The highest BCUT2D eigenvalue weighted by Crippen LogP contribution is 2.23. The van der Waals surface area contributed by atoms with Crippen LogP contribution in [-0.4, -0.2) is 31.2 Å². The molecule has 4 heteroatoms. The van der Waals surface area contributed by atoms with E-state index in [9.17, 15) is 4.79 Å². The SMILES string of the molecule is CC(C)c1ccccc1NC(=O)C[C@H](C)NC[C@H]1CCCO1. The summed E-state index contributed by atoms with van der Waals surface area (Å²) in [6, 6.07) is 8.16. The van der Waals surface area contributed by atoms with Gasteiger partial charge in [-0.1, -0.05) is 32.0 Å². The Balaban J connectivity index is 1.79. The number of ether oxygens (including phenoxy) is 1. The van der Waals surface area contributed by atoms with E-state index in [1.807, 2.05) is 25.1 Å². The molecule has 0 spiro atoms. The normalized spacial score (nSPS) is 19.4. The summed E-state index contributed by atoms with van der Waals surface area (Å²) in [7, 11) is 0. The van der Waals surface area contributed by atoms with Gasteiger partial charge in [-0.15, -0.1) is 0 Å². The van der Waals surface area contributed by atoms with Crippen molar-refractivity contribution >= 4 is 11.6 Å². The van der Waals surface area contributed by atoms with Gasteiger partial charge in [0.15, 0.2) is 0 Å². The summed E-state index contributed by atoms with van der Waals surface area (Å²) in [4.78, 5) is 12.2. The molecular weight excluding hydrogens is 276 g/mol. The van der Waals surface area contributed by atoms with Crippen LogP contribution in [0.1, 0.15) is 51.5 Å². The van der Waals surface area contributed by atoms with Gasteiger partial charge in [0.1, 0.15) is 0 Å². The predicted octanol–water partition coefficient (Wildman–Crippen LogP) is 3.30. The summed E-state index contributed by atoms with van der Waals surface area (Å²) in [6.07, 6.45) is 3.05. The van der Waals surface area contributed by atoms with Crippen LogP contribution in [0.4, 0.5) is 5.69 Å². The first-order valence-electron chi connectivity index (χ1n) is 8.30. The molecule has 0 aromatic heterocycles. The number of rotatable bonds is 7. The van der Waals surface area contributed by atoms with Crippen molar-refractivity contribution in [1.82, 2.24) is 5.32 Å². The molecule has 0 unspecified atom stereocenters. The minimum Gasteiger partial charge on any atom is -0.377 e. The molecule has 1 aliphatic rings. The lowest BCUT2D eigenvalue weighted by Crippen LogP contribution is -2.36. The molecule has 1 aromatic carbocycles. The molecule has 0 radical (unpaired) electrons. The van der Waals surface area contributed by atoms with Crippen molar-refractivity contribution in [3.8, 4) is 0 Å². The molecule has 0 saturated carbocycles. The minimum absolute atomic E-state index is 0.0560. The molecule has 1 heterocycles. The maximum absolute atomic E-state index is 12.2. The largest absolute Gasteiger partial charge is 0.377 e. The van der Waals surface area contributed by atoms with Gasteiger partial charge < -0.3 is 15.4 Å². The van der Waals surface area contributed by atoms with Crippen LogP contribution in [0.2, 0.25) is 0 Å². The zero-order chi connectivity index (χ0) is 15.9. The van der Waals surface area contributed by atoms with Gasteiger partial charge in [0.25, 0.3) is 0 Å². The highest BCUT2D eigenvalue weighted by Gasteiger charge is 2.17. The Labute approximate surface area is 133 Å². The topological polar surface area (TPSA) is 50.4 Å². The van der Waals surface area contributed by atoms with Crippen LogP contribution in [0.5, 0.6) is 0 Å². The molecule has 1 aromatic rings. The highest BCUT2D eigenvalue weighted by molar-refractivity contribution is 5.91. The third kappa shape index (κ3) is 5.11. The molecule has 2 N–H and O–H groups in total. The number of benzene rings is 1. The summed E-state index contributed by atoms with van der Waals surface area (Å²) >= 11 is 0. The van der Waals surface area contributed by atoms with Crippen LogP contribution in [0, 0.1) is 0 Å². The number of carbonyl (C=O) groups is 1. The maximum atomic E-state index is 12.2. The molecule has 0 aliphatic carbocycles. The molecular formula is C18H28N2O2. The second-order valence-corrected chi connectivity index (χ2v) is 6.44. The lowest BCUT2D eigenvalue weighted by molar-refractivity contribution is -0.116. The Morgan fingerprint density at radius 2 is 2.09 bits per heavy atom. The first-order valence-corrected chi connectivity index (χ1v) is 8.30. The molecule has 22 heavy (non-hydrogen) atoms. The van der Waals surface area contributed by atoms with Gasteiger partial charge in [-0.2, -0.15) is 0 Å². The van der Waals surface area contributed by atoms with E-state index < -0.39 is 0 Å². The number of hydrogen-bond acceptors (Lipinski definition) is 3. The van der Waals surface area contributed by atoms with Crippen molar-refractivity contribution in [3.63, 3.8) is 0 Å². The molecule has 122 valence electrons. The van der Waals surface area contributed by atoms with Crippen LogP contribution >= 0.6 is 0 Å². The molecule has 1 saturated heterocycles. The summed E-state index contributed by atoms with van der Waals surface area (Å²) in [5.74, 6) is 0.451. The molecule has 2 atom stereocenters. The van der Waals surface area contributed by atoms with Gasteiger partial charge in [-0.25, -0.2) is 0 Å². The standard InChI is InChI=1S/C18H28N2O2/c1-13(2)16-8-4-5-9-17(16)20-18(21)11-14(3)19-12-15-7-6-10-22-15/h4-5,8-9,13-15,19H,6-7,10-12H2,1-3H3,(H,20,21)/t14-,15+/m0/s1.